The molecule has 16 heavy (non-hydrogen) atoms. The van der Waals surface area contributed by atoms with Crippen LogP contribution in [0.15, 0.2) is 18.2 Å². The van der Waals surface area contributed by atoms with Crippen LogP contribution in [-0.2, 0) is 11.2 Å². The molecule has 0 aliphatic rings. The van der Waals surface area contributed by atoms with E-state index >= 15 is 0 Å². The number of carboxylic acids is 1. The number of carbonyl (C=O) groups is 1. The Balaban J connectivity index is 2.54. The molecule has 1 N–H and O–H groups in total. The molecule has 84 valence electrons. The first kappa shape index (κ1) is 11.0. The third-order valence-corrected chi connectivity index (χ3v) is 3.83. The van der Waals surface area contributed by atoms with Gasteiger partial charge in [-0.25, -0.2) is 0 Å². The highest BCUT2D eigenvalue weighted by atomic mass is 32.1. The number of benzene rings is 1. The summed E-state index contributed by atoms with van der Waals surface area (Å²) in [4.78, 5) is 11.6. The standard InChI is InChI=1S/C12H12O3S/c1-7-9-5-8(15-2)3-4-10(9)16-11(7)6-12(13)14/h3-5H,6H2,1-2H3,(H,13,14). The number of carboxylic acid groups (broad SMARTS) is 1. The number of aryl methyl sites for hydroxylation is 1. The van der Waals surface area contributed by atoms with E-state index in [1.807, 2.05) is 25.1 Å². The van der Waals surface area contributed by atoms with Crippen molar-refractivity contribution in [2.75, 3.05) is 7.11 Å². The number of thiophene rings is 1. The van der Waals surface area contributed by atoms with Crippen molar-refractivity contribution in [1.29, 1.82) is 0 Å². The summed E-state index contributed by atoms with van der Waals surface area (Å²) in [6, 6.07) is 5.81. The highest BCUT2D eigenvalue weighted by Crippen LogP contribution is 2.33. The molecule has 0 fully saturated rings. The Labute approximate surface area is 97.3 Å². The predicted molar refractivity (Wildman–Crippen MR) is 64.5 cm³/mol. The van der Waals surface area contributed by atoms with Gasteiger partial charge in [0.2, 0.25) is 0 Å². The highest BCUT2D eigenvalue weighted by Gasteiger charge is 2.11. The fourth-order valence-electron chi connectivity index (χ4n) is 1.68. The van der Waals surface area contributed by atoms with Gasteiger partial charge in [0.05, 0.1) is 13.5 Å². The van der Waals surface area contributed by atoms with Crippen LogP contribution in [0.1, 0.15) is 10.4 Å². The van der Waals surface area contributed by atoms with Crippen molar-refractivity contribution in [3.05, 3.63) is 28.6 Å². The van der Waals surface area contributed by atoms with Crippen LogP contribution >= 0.6 is 11.3 Å². The Hall–Kier alpha value is -1.55. The Morgan fingerprint density at radius 1 is 1.50 bits per heavy atom. The normalized spacial score (nSPS) is 10.6. The van der Waals surface area contributed by atoms with Gasteiger partial charge >= 0.3 is 5.97 Å². The quantitative estimate of drug-likeness (QED) is 0.891. The largest absolute Gasteiger partial charge is 0.497 e. The number of hydrogen-bond donors (Lipinski definition) is 1. The molecular weight excluding hydrogens is 224 g/mol. The first-order valence-electron chi connectivity index (χ1n) is 4.89. The molecule has 0 aliphatic heterocycles. The molecule has 0 atom stereocenters. The maximum Gasteiger partial charge on any atom is 0.308 e. The smallest absolute Gasteiger partial charge is 0.308 e. The predicted octanol–water partition coefficient (Wildman–Crippen LogP) is 2.85. The summed E-state index contributed by atoms with van der Waals surface area (Å²) in [5.41, 5.74) is 1.04. The van der Waals surface area contributed by atoms with E-state index in [0.29, 0.717) is 0 Å². The fourth-order valence-corrected chi connectivity index (χ4v) is 2.87. The number of ether oxygens (including phenoxy) is 1. The van der Waals surface area contributed by atoms with E-state index in [4.69, 9.17) is 9.84 Å². The summed E-state index contributed by atoms with van der Waals surface area (Å²) in [7, 11) is 1.63. The summed E-state index contributed by atoms with van der Waals surface area (Å²) in [6.07, 6.45) is 0.0908. The average molecular weight is 236 g/mol. The molecular formula is C12H12O3S. The van der Waals surface area contributed by atoms with Gasteiger partial charge in [0.25, 0.3) is 0 Å². The Kier molecular flexibility index (Phi) is 2.83. The van der Waals surface area contributed by atoms with Crippen molar-refractivity contribution >= 4 is 27.4 Å². The maximum absolute atomic E-state index is 10.7. The monoisotopic (exact) mass is 236 g/mol. The van der Waals surface area contributed by atoms with E-state index in [1.54, 1.807) is 7.11 Å². The van der Waals surface area contributed by atoms with Gasteiger partial charge in [0.15, 0.2) is 0 Å². The molecule has 0 unspecified atom stereocenters. The topological polar surface area (TPSA) is 46.5 Å². The van der Waals surface area contributed by atoms with Crippen LogP contribution in [-0.4, -0.2) is 18.2 Å². The van der Waals surface area contributed by atoms with Gasteiger partial charge in [-0.15, -0.1) is 11.3 Å². The number of rotatable bonds is 3. The lowest BCUT2D eigenvalue weighted by atomic mass is 10.1. The summed E-state index contributed by atoms with van der Waals surface area (Å²) >= 11 is 1.54. The zero-order chi connectivity index (χ0) is 11.7. The van der Waals surface area contributed by atoms with E-state index in [1.165, 1.54) is 11.3 Å². The van der Waals surface area contributed by atoms with E-state index in [9.17, 15) is 4.79 Å². The lowest BCUT2D eigenvalue weighted by Crippen LogP contribution is -1.98. The van der Waals surface area contributed by atoms with Gasteiger partial charge in [-0.05, 0) is 36.1 Å². The second-order valence-electron chi connectivity index (χ2n) is 3.58. The van der Waals surface area contributed by atoms with Gasteiger partial charge in [0, 0.05) is 9.58 Å². The number of hydrogen-bond acceptors (Lipinski definition) is 3. The molecule has 0 amide bonds. The van der Waals surface area contributed by atoms with Gasteiger partial charge < -0.3 is 9.84 Å². The summed E-state index contributed by atoms with van der Waals surface area (Å²) in [5.74, 6) is 0.0110. The van der Waals surface area contributed by atoms with Crippen LogP contribution in [0.2, 0.25) is 0 Å². The highest BCUT2D eigenvalue weighted by molar-refractivity contribution is 7.19. The second kappa shape index (κ2) is 4.14. The molecule has 1 aromatic carbocycles. The van der Waals surface area contributed by atoms with E-state index in [0.717, 1.165) is 26.3 Å². The van der Waals surface area contributed by atoms with Gasteiger partial charge in [0.1, 0.15) is 5.75 Å². The molecule has 0 radical (unpaired) electrons. The van der Waals surface area contributed by atoms with E-state index in [-0.39, 0.29) is 6.42 Å². The summed E-state index contributed by atoms with van der Waals surface area (Å²) in [6.45, 7) is 1.95. The molecule has 0 bridgehead atoms. The SMILES string of the molecule is COc1ccc2sc(CC(=O)O)c(C)c2c1. The van der Waals surface area contributed by atoms with Crippen LogP contribution in [0.3, 0.4) is 0 Å². The van der Waals surface area contributed by atoms with Crippen molar-refractivity contribution in [2.24, 2.45) is 0 Å². The molecule has 0 spiro atoms. The van der Waals surface area contributed by atoms with Gasteiger partial charge in [-0.3, -0.25) is 4.79 Å². The summed E-state index contributed by atoms with van der Waals surface area (Å²) in [5, 5.41) is 9.88. The Bertz CT molecular complexity index is 542. The van der Waals surface area contributed by atoms with Crippen molar-refractivity contribution < 1.29 is 14.6 Å². The molecule has 0 saturated carbocycles. The lowest BCUT2D eigenvalue weighted by Gasteiger charge is -1.99. The van der Waals surface area contributed by atoms with E-state index < -0.39 is 5.97 Å². The van der Waals surface area contributed by atoms with Crippen LogP contribution in [0.4, 0.5) is 0 Å². The number of aliphatic carboxylic acids is 1. The van der Waals surface area contributed by atoms with E-state index in [2.05, 4.69) is 0 Å². The number of fused-ring (bicyclic) bond motifs is 1. The second-order valence-corrected chi connectivity index (χ2v) is 4.72. The molecule has 2 rings (SSSR count). The lowest BCUT2D eigenvalue weighted by molar-refractivity contribution is -0.136. The summed E-state index contributed by atoms with van der Waals surface area (Å²) < 4.78 is 6.26. The maximum atomic E-state index is 10.7. The molecule has 2 aromatic rings. The minimum atomic E-state index is -0.790. The van der Waals surface area contributed by atoms with Crippen molar-refractivity contribution in [1.82, 2.24) is 0 Å². The fraction of sp³-hybridized carbons (Fsp3) is 0.250. The van der Waals surface area contributed by atoms with Crippen LogP contribution in [0.25, 0.3) is 10.1 Å². The first-order chi connectivity index (χ1) is 7.61. The van der Waals surface area contributed by atoms with Gasteiger partial charge in [-0.1, -0.05) is 0 Å². The Morgan fingerprint density at radius 2 is 2.25 bits per heavy atom. The van der Waals surface area contributed by atoms with Crippen molar-refractivity contribution in [2.45, 2.75) is 13.3 Å². The zero-order valence-corrected chi connectivity index (χ0v) is 9.93. The van der Waals surface area contributed by atoms with Crippen LogP contribution in [0.5, 0.6) is 5.75 Å². The molecule has 3 nitrogen and oxygen atoms in total. The van der Waals surface area contributed by atoms with Gasteiger partial charge in [-0.2, -0.15) is 0 Å². The molecule has 1 aromatic heterocycles. The minimum Gasteiger partial charge on any atom is -0.497 e. The molecule has 1 heterocycles. The van der Waals surface area contributed by atoms with Crippen molar-refractivity contribution in [3.63, 3.8) is 0 Å². The van der Waals surface area contributed by atoms with Crippen molar-refractivity contribution in [3.8, 4) is 5.75 Å². The third-order valence-electron chi connectivity index (χ3n) is 2.55. The third kappa shape index (κ3) is 1.88. The Morgan fingerprint density at radius 3 is 2.88 bits per heavy atom. The minimum absolute atomic E-state index is 0.0908. The molecule has 4 heteroatoms. The van der Waals surface area contributed by atoms with Crippen LogP contribution < -0.4 is 4.74 Å². The van der Waals surface area contributed by atoms with Crippen LogP contribution in [0, 0.1) is 6.92 Å². The molecule has 0 saturated heterocycles. The first-order valence-corrected chi connectivity index (χ1v) is 5.71. The molecule has 0 aliphatic carbocycles. The average Bonchev–Trinajstić information content (AvgIpc) is 2.55. The zero-order valence-electron chi connectivity index (χ0n) is 9.11. The number of methoxy groups -OCH3 is 1.